The predicted molar refractivity (Wildman–Crippen MR) is 175 cm³/mol. The number of benzene rings is 2. The number of aromatic nitrogens is 2. The molecule has 0 aliphatic carbocycles. The maximum atomic E-state index is 15.2. The van der Waals surface area contributed by atoms with E-state index in [9.17, 15) is 10.0 Å². The van der Waals surface area contributed by atoms with E-state index in [-0.39, 0.29) is 34.3 Å². The number of piperidine rings is 1. The van der Waals surface area contributed by atoms with E-state index < -0.39 is 17.7 Å². The molecule has 4 aromatic rings. The molecule has 1 unspecified atom stereocenters. The standard InChI is InChI=1S/C34H35F2N6O2S/c1-19-9-10-20(31(43)40-32-37-12-14-45-32)15-23(19)24-16-27(38-21-17-33(2,3)41-34(4,5)18-21)39-29-22(24)11-13-42(44)30(29)28-25(35)7-6-8-26(28)36/h6-16,21,30,41H,17-18H2,1-5H3,(H,38,39)(H,37,40,43)/q-1. The number of thiazole rings is 1. The molecule has 4 heterocycles. The lowest BCUT2D eigenvalue weighted by Crippen LogP contribution is -2.60. The molecule has 0 radical (unpaired) electrons. The van der Waals surface area contributed by atoms with Crippen LogP contribution in [-0.2, 0) is 0 Å². The molecule has 234 valence electrons. The minimum Gasteiger partial charge on any atom is -0.758 e. The molecule has 1 saturated heterocycles. The molecule has 2 aliphatic heterocycles. The minimum atomic E-state index is -1.36. The van der Waals surface area contributed by atoms with Gasteiger partial charge in [-0.1, -0.05) is 12.1 Å². The zero-order valence-corrected chi connectivity index (χ0v) is 26.6. The summed E-state index contributed by atoms with van der Waals surface area (Å²) < 4.78 is 30.4. The fraction of sp³-hybridized carbons (Fsp3) is 0.324. The van der Waals surface area contributed by atoms with Gasteiger partial charge in [0.1, 0.15) is 17.5 Å². The summed E-state index contributed by atoms with van der Waals surface area (Å²) >= 11 is 1.32. The van der Waals surface area contributed by atoms with Crippen LogP contribution in [0.1, 0.15) is 79.3 Å². The molecule has 45 heavy (non-hydrogen) atoms. The van der Waals surface area contributed by atoms with Gasteiger partial charge in [0.05, 0.1) is 17.3 Å². The highest BCUT2D eigenvalue weighted by atomic mass is 32.1. The third kappa shape index (κ3) is 6.33. The second kappa shape index (κ2) is 11.6. The number of pyridine rings is 1. The first-order chi connectivity index (χ1) is 21.3. The Morgan fingerprint density at radius 3 is 2.44 bits per heavy atom. The van der Waals surface area contributed by atoms with Crippen molar-refractivity contribution in [2.75, 3.05) is 10.6 Å². The summed E-state index contributed by atoms with van der Waals surface area (Å²) in [5, 5.41) is 26.2. The number of amides is 1. The van der Waals surface area contributed by atoms with Gasteiger partial charge >= 0.3 is 0 Å². The summed E-state index contributed by atoms with van der Waals surface area (Å²) in [5.74, 6) is -1.51. The van der Waals surface area contributed by atoms with E-state index in [2.05, 4.69) is 48.6 Å². The summed E-state index contributed by atoms with van der Waals surface area (Å²) in [6.45, 7) is 10.5. The summed E-state index contributed by atoms with van der Waals surface area (Å²) in [7, 11) is 0. The van der Waals surface area contributed by atoms with Crippen LogP contribution in [0.3, 0.4) is 0 Å². The van der Waals surface area contributed by atoms with Crippen molar-refractivity contribution in [2.45, 2.75) is 70.6 Å². The fourth-order valence-electron chi connectivity index (χ4n) is 6.79. The molecule has 1 atom stereocenters. The summed E-state index contributed by atoms with van der Waals surface area (Å²) in [6.07, 6.45) is 6.10. The van der Waals surface area contributed by atoms with E-state index in [0.29, 0.717) is 32.7 Å². The molecule has 1 amide bonds. The molecule has 11 heteroatoms. The second-order valence-corrected chi connectivity index (χ2v) is 13.9. The summed E-state index contributed by atoms with van der Waals surface area (Å²) in [4.78, 5) is 22.2. The number of hydrogen-bond acceptors (Lipinski definition) is 8. The Bertz CT molecular complexity index is 1750. The van der Waals surface area contributed by atoms with Gasteiger partial charge < -0.3 is 20.9 Å². The van der Waals surface area contributed by atoms with Gasteiger partial charge in [0, 0.05) is 39.8 Å². The van der Waals surface area contributed by atoms with E-state index in [1.54, 1.807) is 29.8 Å². The highest BCUT2D eigenvalue weighted by Crippen LogP contribution is 2.42. The van der Waals surface area contributed by atoms with E-state index in [0.717, 1.165) is 36.1 Å². The molecule has 2 aliphatic rings. The van der Waals surface area contributed by atoms with Gasteiger partial charge in [0.2, 0.25) is 0 Å². The molecule has 3 N–H and O–H groups in total. The first-order valence-corrected chi connectivity index (χ1v) is 15.7. The van der Waals surface area contributed by atoms with Crippen molar-refractivity contribution in [3.8, 4) is 11.1 Å². The van der Waals surface area contributed by atoms with Crippen molar-refractivity contribution < 1.29 is 13.6 Å². The topological polar surface area (TPSA) is 105 Å². The molecule has 8 nitrogen and oxygen atoms in total. The zero-order chi connectivity index (χ0) is 32.1. The van der Waals surface area contributed by atoms with Gasteiger partial charge in [0.25, 0.3) is 5.91 Å². The zero-order valence-electron chi connectivity index (χ0n) is 25.7. The number of hydroxylamine groups is 2. The molecule has 2 aromatic carbocycles. The predicted octanol–water partition coefficient (Wildman–Crippen LogP) is 7.64. The quantitative estimate of drug-likeness (QED) is 0.201. The van der Waals surface area contributed by atoms with E-state index >= 15 is 8.78 Å². The van der Waals surface area contributed by atoms with Crippen LogP contribution in [-0.4, -0.2) is 38.1 Å². The van der Waals surface area contributed by atoms with Gasteiger partial charge in [-0.15, -0.1) is 11.3 Å². The number of hydrogen-bond donors (Lipinski definition) is 3. The van der Waals surface area contributed by atoms with E-state index in [1.165, 1.54) is 23.6 Å². The third-order valence-electron chi connectivity index (χ3n) is 8.25. The lowest BCUT2D eigenvalue weighted by atomic mass is 9.79. The number of halogens is 2. The average molecular weight is 630 g/mol. The van der Waals surface area contributed by atoms with E-state index in [1.807, 2.05) is 19.1 Å². The van der Waals surface area contributed by atoms with Crippen LogP contribution in [0.5, 0.6) is 0 Å². The Kier molecular flexibility index (Phi) is 7.96. The number of fused-ring (bicyclic) bond motifs is 1. The van der Waals surface area contributed by atoms with Gasteiger partial charge in [-0.3, -0.25) is 10.1 Å². The highest BCUT2D eigenvalue weighted by molar-refractivity contribution is 7.13. The Balaban J connectivity index is 1.50. The third-order valence-corrected chi connectivity index (χ3v) is 8.94. The number of carbonyl (C=O) groups excluding carboxylic acids is 1. The Morgan fingerprint density at radius 2 is 1.78 bits per heavy atom. The minimum absolute atomic E-state index is 0.0253. The monoisotopic (exact) mass is 629 g/mol. The van der Waals surface area contributed by atoms with Crippen LogP contribution in [0.2, 0.25) is 0 Å². The smallest absolute Gasteiger partial charge is 0.257 e. The van der Waals surface area contributed by atoms with Crippen LogP contribution in [0.25, 0.3) is 17.2 Å². The number of aryl methyl sites for hydroxylation is 1. The van der Waals surface area contributed by atoms with Gasteiger partial charge in [0.15, 0.2) is 5.13 Å². The Morgan fingerprint density at radius 1 is 1.07 bits per heavy atom. The van der Waals surface area contributed by atoms with Crippen LogP contribution in [0.4, 0.5) is 19.7 Å². The van der Waals surface area contributed by atoms with Crippen molar-refractivity contribution in [3.63, 3.8) is 0 Å². The average Bonchev–Trinajstić information content (AvgIpc) is 3.45. The number of carbonyl (C=O) groups is 1. The Hall–Kier alpha value is -4.19. The van der Waals surface area contributed by atoms with E-state index in [4.69, 9.17) is 4.98 Å². The largest absolute Gasteiger partial charge is 0.758 e. The second-order valence-electron chi connectivity index (χ2n) is 13.0. The van der Waals surface area contributed by atoms with Crippen molar-refractivity contribution in [1.82, 2.24) is 20.3 Å². The number of nitrogens with one attached hydrogen (secondary N) is 3. The molecule has 2 aromatic heterocycles. The summed E-state index contributed by atoms with van der Waals surface area (Å²) in [5.41, 5.74) is 2.79. The normalized spacial score (nSPS) is 18.8. The van der Waals surface area contributed by atoms with Crippen molar-refractivity contribution in [1.29, 1.82) is 0 Å². The maximum absolute atomic E-state index is 15.2. The molecule has 0 saturated carbocycles. The maximum Gasteiger partial charge on any atom is 0.257 e. The van der Waals surface area contributed by atoms with Crippen LogP contribution >= 0.6 is 11.3 Å². The molecule has 0 spiro atoms. The van der Waals surface area contributed by atoms with Crippen LogP contribution in [0.15, 0.2) is 60.2 Å². The lowest BCUT2D eigenvalue weighted by molar-refractivity contribution is 0.102. The number of rotatable bonds is 6. The van der Waals surface area contributed by atoms with Crippen LogP contribution < -0.4 is 16.0 Å². The molecule has 1 fully saturated rings. The highest BCUT2D eigenvalue weighted by Gasteiger charge is 2.38. The first kappa shape index (κ1) is 30.8. The van der Waals surface area contributed by atoms with Crippen molar-refractivity contribution in [3.05, 3.63) is 105 Å². The first-order valence-electron chi connectivity index (χ1n) is 14.8. The Labute approximate surface area is 265 Å². The summed E-state index contributed by atoms with van der Waals surface area (Å²) in [6, 6.07) is 9.48. The van der Waals surface area contributed by atoms with Gasteiger partial charge in [-0.25, -0.2) is 18.7 Å². The fourth-order valence-corrected chi connectivity index (χ4v) is 7.31. The van der Waals surface area contributed by atoms with Crippen molar-refractivity contribution in [2.24, 2.45) is 0 Å². The van der Waals surface area contributed by atoms with Crippen LogP contribution in [0, 0.1) is 23.8 Å². The van der Waals surface area contributed by atoms with Gasteiger partial charge in [-0.05, 0) is 107 Å². The van der Waals surface area contributed by atoms with Crippen molar-refractivity contribution >= 4 is 34.3 Å². The number of nitrogens with zero attached hydrogens (tertiary/aromatic N) is 3. The molecule has 0 bridgehead atoms. The molecule has 6 rings (SSSR count). The number of anilines is 2. The van der Waals surface area contributed by atoms with Gasteiger partial charge in [-0.2, -0.15) is 0 Å². The molecular formula is C34H35F2N6O2S-. The SMILES string of the molecule is Cc1ccc(C(=O)Nc2nccs2)cc1-c1cc(NC2CC(C)(C)NC(C)(C)C2)nc2c1C=CN([O-])C2c1c(F)cccc1F. The lowest BCUT2D eigenvalue weighted by Gasteiger charge is -2.47. The molecular weight excluding hydrogens is 594 g/mol.